The van der Waals surface area contributed by atoms with Gasteiger partial charge in [0.2, 0.25) is 0 Å². The van der Waals surface area contributed by atoms with Gasteiger partial charge in [0.25, 0.3) is 5.69 Å². The molecule has 6 nitrogen and oxygen atoms in total. The zero-order valence-corrected chi connectivity index (χ0v) is 11.6. The van der Waals surface area contributed by atoms with Crippen molar-refractivity contribution >= 4 is 16.5 Å². The third-order valence-corrected chi connectivity index (χ3v) is 4.12. The number of aromatic nitrogens is 1. The lowest BCUT2D eigenvalue weighted by atomic mass is 10.1. The molecule has 2 unspecified atom stereocenters. The lowest BCUT2D eigenvalue weighted by molar-refractivity contribution is -0.383. The Bertz CT molecular complexity index is 674. The molecular weight excluding hydrogens is 270 g/mol. The molecule has 0 saturated heterocycles. The summed E-state index contributed by atoms with van der Waals surface area (Å²) >= 11 is 0. The van der Waals surface area contributed by atoms with Crippen LogP contribution in [0.4, 0.5) is 5.69 Å². The fraction of sp³-hybridized carbons (Fsp3) is 0.400. The highest BCUT2D eigenvalue weighted by atomic mass is 16.6. The van der Waals surface area contributed by atoms with Gasteiger partial charge < -0.3 is 10.5 Å². The maximum absolute atomic E-state index is 11.1. The van der Waals surface area contributed by atoms with Crippen LogP contribution in [-0.2, 0) is 0 Å². The highest BCUT2D eigenvalue weighted by molar-refractivity contribution is 5.94. The van der Waals surface area contributed by atoms with Crippen LogP contribution in [0.3, 0.4) is 0 Å². The summed E-state index contributed by atoms with van der Waals surface area (Å²) in [6, 6.07) is 4.90. The Kier molecular flexibility index (Phi) is 3.70. The molecule has 3 rings (SSSR count). The summed E-state index contributed by atoms with van der Waals surface area (Å²) in [6.45, 7) is 0.608. The number of fused-ring (bicyclic) bond motifs is 1. The van der Waals surface area contributed by atoms with Crippen molar-refractivity contribution in [2.24, 2.45) is 11.7 Å². The molecule has 1 aromatic carbocycles. The van der Waals surface area contributed by atoms with Crippen LogP contribution in [0.5, 0.6) is 5.75 Å². The van der Waals surface area contributed by atoms with Crippen LogP contribution in [0.1, 0.15) is 19.3 Å². The summed E-state index contributed by atoms with van der Waals surface area (Å²) in [4.78, 5) is 14.7. The van der Waals surface area contributed by atoms with Gasteiger partial charge in [0.15, 0.2) is 0 Å². The monoisotopic (exact) mass is 287 g/mol. The Morgan fingerprint density at radius 3 is 2.95 bits per heavy atom. The zero-order chi connectivity index (χ0) is 14.8. The number of nitrogens with zero attached hydrogens (tertiary/aromatic N) is 2. The molecule has 2 aromatic rings. The molecule has 2 atom stereocenters. The van der Waals surface area contributed by atoms with E-state index in [-0.39, 0.29) is 11.8 Å². The molecular formula is C15H17N3O3. The van der Waals surface area contributed by atoms with Crippen molar-refractivity contribution in [1.82, 2.24) is 4.98 Å². The third kappa shape index (κ3) is 2.54. The SMILES string of the molecule is NCC1CCCC1Oc1ccc([N+](=O)[O-])c2cnccc12. The number of benzene rings is 1. The van der Waals surface area contributed by atoms with E-state index >= 15 is 0 Å². The molecule has 1 saturated carbocycles. The Morgan fingerprint density at radius 2 is 2.19 bits per heavy atom. The maximum atomic E-state index is 11.1. The second-order valence-electron chi connectivity index (χ2n) is 5.34. The number of ether oxygens (including phenoxy) is 1. The molecule has 6 heteroatoms. The van der Waals surface area contributed by atoms with E-state index in [4.69, 9.17) is 10.5 Å². The van der Waals surface area contributed by atoms with Gasteiger partial charge in [-0.1, -0.05) is 0 Å². The molecule has 0 radical (unpaired) electrons. The van der Waals surface area contributed by atoms with Gasteiger partial charge in [-0.2, -0.15) is 0 Å². The summed E-state index contributed by atoms with van der Waals surface area (Å²) in [5.41, 5.74) is 5.82. The van der Waals surface area contributed by atoms with E-state index in [1.54, 1.807) is 18.3 Å². The topological polar surface area (TPSA) is 91.3 Å². The van der Waals surface area contributed by atoms with Gasteiger partial charge in [-0.05, 0) is 37.9 Å². The van der Waals surface area contributed by atoms with E-state index in [1.165, 1.54) is 12.3 Å². The summed E-state index contributed by atoms with van der Waals surface area (Å²) in [7, 11) is 0. The largest absolute Gasteiger partial charge is 0.489 e. The summed E-state index contributed by atoms with van der Waals surface area (Å²) in [5, 5.41) is 12.3. The van der Waals surface area contributed by atoms with Gasteiger partial charge in [-0.25, -0.2) is 0 Å². The molecule has 1 heterocycles. The van der Waals surface area contributed by atoms with Crippen molar-refractivity contribution in [3.8, 4) is 5.75 Å². The first kappa shape index (κ1) is 13.8. The van der Waals surface area contributed by atoms with Crippen molar-refractivity contribution in [3.05, 3.63) is 40.7 Å². The van der Waals surface area contributed by atoms with E-state index in [0.717, 1.165) is 24.6 Å². The highest BCUT2D eigenvalue weighted by Crippen LogP contribution is 2.35. The first-order chi connectivity index (χ1) is 10.2. The molecule has 0 bridgehead atoms. The minimum Gasteiger partial charge on any atom is -0.489 e. The second kappa shape index (κ2) is 5.65. The molecule has 1 fully saturated rings. The first-order valence-electron chi connectivity index (χ1n) is 7.08. The number of non-ortho nitro benzene ring substituents is 1. The summed E-state index contributed by atoms with van der Waals surface area (Å²) < 4.78 is 6.10. The average Bonchev–Trinajstić information content (AvgIpc) is 2.94. The van der Waals surface area contributed by atoms with Crippen LogP contribution in [-0.4, -0.2) is 22.6 Å². The predicted octanol–water partition coefficient (Wildman–Crippen LogP) is 2.65. The normalized spacial score (nSPS) is 21.6. The van der Waals surface area contributed by atoms with Crippen molar-refractivity contribution in [1.29, 1.82) is 0 Å². The summed E-state index contributed by atoms with van der Waals surface area (Å²) in [5.74, 6) is 1.03. The first-order valence-corrected chi connectivity index (χ1v) is 7.08. The van der Waals surface area contributed by atoms with Gasteiger partial charge in [-0.15, -0.1) is 0 Å². The van der Waals surface area contributed by atoms with Crippen LogP contribution < -0.4 is 10.5 Å². The van der Waals surface area contributed by atoms with E-state index in [2.05, 4.69) is 4.98 Å². The second-order valence-corrected chi connectivity index (χ2v) is 5.34. The van der Waals surface area contributed by atoms with Crippen LogP contribution in [0.15, 0.2) is 30.6 Å². The number of hydrogen-bond donors (Lipinski definition) is 1. The predicted molar refractivity (Wildman–Crippen MR) is 79.2 cm³/mol. The number of hydrogen-bond acceptors (Lipinski definition) is 5. The lowest BCUT2D eigenvalue weighted by Gasteiger charge is -2.20. The number of rotatable bonds is 4. The zero-order valence-electron chi connectivity index (χ0n) is 11.6. The third-order valence-electron chi connectivity index (χ3n) is 4.12. The highest BCUT2D eigenvalue weighted by Gasteiger charge is 2.28. The van der Waals surface area contributed by atoms with Crippen LogP contribution in [0.25, 0.3) is 10.8 Å². The van der Waals surface area contributed by atoms with E-state index in [9.17, 15) is 10.1 Å². The Labute approximate surface area is 122 Å². The maximum Gasteiger partial charge on any atom is 0.279 e. The smallest absolute Gasteiger partial charge is 0.279 e. The van der Waals surface area contributed by atoms with Gasteiger partial charge in [-0.3, -0.25) is 15.1 Å². The lowest BCUT2D eigenvalue weighted by Crippen LogP contribution is -2.27. The molecule has 1 aliphatic carbocycles. The molecule has 0 spiro atoms. The average molecular weight is 287 g/mol. The Hall–Kier alpha value is -2.21. The number of nitrogens with two attached hydrogens (primary N) is 1. The van der Waals surface area contributed by atoms with Crippen molar-refractivity contribution in [2.75, 3.05) is 6.54 Å². The minimum absolute atomic E-state index is 0.0484. The molecule has 2 N–H and O–H groups in total. The van der Waals surface area contributed by atoms with E-state index < -0.39 is 4.92 Å². The van der Waals surface area contributed by atoms with Crippen molar-refractivity contribution in [2.45, 2.75) is 25.4 Å². The van der Waals surface area contributed by atoms with Gasteiger partial charge >= 0.3 is 0 Å². The standard InChI is InChI=1S/C15H17N3O3/c16-8-10-2-1-3-14(10)21-15-5-4-13(18(19)20)12-9-17-7-6-11(12)15/h4-7,9-10,14H,1-3,8,16H2. The summed E-state index contributed by atoms with van der Waals surface area (Å²) in [6.07, 6.45) is 6.38. The molecule has 0 amide bonds. The molecule has 0 aliphatic heterocycles. The van der Waals surface area contributed by atoms with Gasteiger partial charge in [0.05, 0.1) is 10.3 Å². The molecule has 110 valence electrons. The quantitative estimate of drug-likeness (QED) is 0.689. The van der Waals surface area contributed by atoms with Crippen LogP contribution in [0, 0.1) is 16.0 Å². The minimum atomic E-state index is -0.397. The van der Waals surface area contributed by atoms with Crippen LogP contribution >= 0.6 is 0 Å². The number of pyridine rings is 1. The number of nitro groups is 1. The van der Waals surface area contributed by atoms with Gasteiger partial charge in [0, 0.05) is 29.8 Å². The fourth-order valence-electron chi connectivity index (χ4n) is 3.00. The Balaban J connectivity index is 2.00. The molecule has 1 aliphatic rings. The number of nitro benzene ring substituents is 1. The fourth-order valence-corrected chi connectivity index (χ4v) is 3.00. The van der Waals surface area contributed by atoms with Crippen molar-refractivity contribution in [3.63, 3.8) is 0 Å². The van der Waals surface area contributed by atoms with E-state index in [0.29, 0.717) is 23.6 Å². The van der Waals surface area contributed by atoms with Crippen molar-refractivity contribution < 1.29 is 9.66 Å². The van der Waals surface area contributed by atoms with E-state index in [1.807, 2.05) is 0 Å². The molecule has 21 heavy (non-hydrogen) atoms. The van der Waals surface area contributed by atoms with Gasteiger partial charge in [0.1, 0.15) is 11.9 Å². The van der Waals surface area contributed by atoms with Crippen LogP contribution in [0.2, 0.25) is 0 Å². The molecule has 1 aromatic heterocycles. The Morgan fingerprint density at radius 1 is 1.33 bits per heavy atom.